The van der Waals surface area contributed by atoms with Crippen molar-refractivity contribution < 1.29 is 27.8 Å². The first kappa shape index (κ1) is 21.3. The lowest BCUT2D eigenvalue weighted by atomic mass is 9.85. The number of nitrogens with zero attached hydrogens (tertiary/aromatic N) is 2. The van der Waals surface area contributed by atoms with E-state index in [1.807, 2.05) is 4.90 Å². The molecular formula is C20H32F2N2O4. The first-order chi connectivity index (χ1) is 13.0. The number of amides is 1. The quantitative estimate of drug-likeness (QED) is 0.677. The Bertz CT molecular complexity index is 600. The van der Waals surface area contributed by atoms with E-state index < -0.39 is 36.2 Å². The van der Waals surface area contributed by atoms with Crippen molar-refractivity contribution in [1.29, 1.82) is 0 Å². The normalized spacial score (nSPS) is 32.9. The Kier molecular flexibility index (Phi) is 5.90. The Labute approximate surface area is 165 Å². The molecule has 0 aromatic carbocycles. The number of hydrogen-bond donors (Lipinski definition) is 0. The van der Waals surface area contributed by atoms with Gasteiger partial charge >= 0.3 is 12.1 Å². The molecule has 3 rings (SSSR count). The molecule has 28 heavy (non-hydrogen) atoms. The van der Waals surface area contributed by atoms with Gasteiger partial charge in [0.25, 0.3) is 5.92 Å². The van der Waals surface area contributed by atoms with E-state index in [4.69, 9.17) is 9.47 Å². The second-order valence-electron chi connectivity index (χ2n) is 9.17. The van der Waals surface area contributed by atoms with E-state index >= 15 is 0 Å². The van der Waals surface area contributed by atoms with Gasteiger partial charge in [0.15, 0.2) is 0 Å². The van der Waals surface area contributed by atoms with Crippen LogP contribution in [0.3, 0.4) is 0 Å². The van der Waals surface area contributed by atoms with Crippen LogP contribution in [-0.2, 0) is 14.3 Å². The molecule has 0 radical (unpaired) electrons. The third-order valence-electron chi connectivity index (χ3n) is 6.03. The summed E-state index contributed by atoms with van der Waals surface area (Å²) in [6, 6.07) is -1.47. The fourth-order valence-electron chi connectivity index (χ4n) is 4.92. The molecule has 0 N–H and O–H groups in total. The Morgan fingerprint density at radius 2 is 1.75 bits per heavy atom. The van der Waals surface area contributed by atoms with E-state index in [-0.39, 0.29) is 17.9 Å². The summed E-state index contributed by atoms with van der Waals surface area (Å²) in [6.45, 7) is 7.30. The third kappa shape index (κ3) is 4.26. The molecule has 3 fully saturated rings. The minimum atomic E-state index is -2.96. The molecule has 1 aliphatic carbocycles. The topological polar surface area (TPSA) is 59.1 Å². The standard InChI is InChI=1S/C20H32F2N2O4/c1-5-27-17(25)13-6-8-14(9-7-13)23-11-10-15-16(23)20(21,22)12-24(15)18(26)28-19(2,3)4/h13-16H,5-12H2,1-4H3/t13?,14?,15-,16+/m0/s1. The maximum atomic E-state index is 14.9. The highest BCUT2D eigenvalue weighted by Gasteiger charge is 2.62. The van der Waals surface area contributed by atoms with Gasteiger partial charge in [-0.1, -0.05) is 0 Å². The van der Waals surface area contributed by atoms with Crippen molar-refractivity contribution >= 4 is 12.1 Å². The van der Waals surface area contributed by atoms with Crippen molar-refractivity contribution in [2.24, 2.45) is 5.92 Å². The van der Waals surface area contributed by atoms with Gasteiger partial charge in [-0.3, -0.25) is 14.6 Å². The van der Waals surface area contributed by atoms with Gasteiger partial charge in [0.2, 0.25) is 0 Å². The van der Waals surface area contributed by atoms with Crippen LogP contribution in [0, 0.1) is 5.92 Å². The van der Waals surface area contributed by atoms with Gasteiger partial charge in [0, 0.05) is 12.6 Å². The molecule has 6 nitrogen and oxygen atoms in total. The Hall–Kier alpha value is -1.44. The van der Waals surface area contributed by atoms with E-state index in [1.54, 1.807) is 27.7 Å². The van der Waals surface area contributed by atoms with E-state index in [2.05, 4.69) is 0 Å². The molecule has 2 saturated heterocycles. The Morgan fingerprint density at radius 1 is 1.11 bits per heavy atom. The van der Waals surface area contributed by atoms with Gasteiger partial charge in [-0.05, 0) is 59.8 Å². The summed E-state index contributed by atoms with van der Waals surface area (Å²) in [4.78, 5) is 27.5. The molecule has 2 aliphatic heterocycles. The van der Waals surface area contributed by atoms with Gasteiger partial charge in [0.1, 0.15) is 5.60 Å². The van der Waals surface area contributed by atoms with Crippen LogP contribution in [0.25, 0.3) is 0 Å². The van der Waals surface area contributed by atoms with E-state index in [0.717, 1.165) is 0 Å². The van der Waals surface area contributed by atoms with Crippen LogP contribution in [-0.4, -0.2) is 71.2 Å². The number of rotatable bonds is 3. The van der Waals surface area contributed by atoms with Crippen LogP contribution in [0.1, 0.15) is 59.8 Å². The van der Waals surface area contributed by atoms with Crippen molar-refractivity contribution in [3.8, 4) is 0 Å². The van der Waals surface area contributed by atoms with Crippen molar-refractivity contribution in [3.05, 3.63) is 0 Å². The Morgan fingerprint density at radius 3 is 2.32 bits per heavy atom. The fourth-order valence-corrected chi connectivity index (χ4v) is 4.92. The highest BCUT2D eigenvalue weighted by atomic mass is 19.3. The van der Waals surface area contributed by atoms with Gasteiger partial charge in [-0.2, -0.15) is 0 Å². The maximum Gasteiger partial charge on any atom is 0.410 e. The maximum absolute atomic E-state index is 14.9. The highest BCUT2D eigenvalue weighted by Crippen LogP contribution is 2.45. The molecule has 0 aromatic rings. The largest absolute Gasteiger partial charge is 0.466 e. The van der Waals surface area contributed by atoms with Crippen LogP contribution in [0.5, 0.6) is 0 Å². The number of fused-ring (bicyclic) bond motifs is 1. The van der Waals surface area contributed by atoms with Crippen molar-refractivity contribution in [3.63, 3.8) is 0 Å². The van der Waals surface area contributed by atoms with Crippen LogP contribution in [0.4, 0.5) is 13.6 Å². The average Bonchev–Trinajstić information content (AvgIpc) is 3.14. The van der Waals surface area contributed by atoms with Crippen LogP contribution in [0.2, 0.25) is 0 Å². The fraction of sp³-hybridized carbons (Fsp3) is 0.900. The number of carbonyl (C=O) groups excluding carboxylic acids is 2. The minimum Gasteiger partial charge on any atom is -0.466 e. The monoisotopic (exact) mass is 402 g/mol. The lowest BCUT2D eigenvalue weighted by Gasteiger charge is -2.38. The lowest BCUT2D eigenvalue weighted by Crippen LogP contribution is -2.51. The minimum absolute atomic E-state index is 0.0186. The van der Waals surface area contributed by atoms with E-state index in [9.17, 15) is 18.4 Å². The summed E-state index contributed by atoms with van der Waals surface area (Å²) in [5.74, 6) is -3.27. The summed E-state index contributed by atoms with van der Waals surface area (Å²) >= 11 is 0. The average molecular weight is 402 g/mol. The van der Waals surface area contributed by atoms with Crippen LogP contribution in [0.15, 0.2) is 0 Å². The summed E-state index contributed by atoms with van der Waals surface area (Å²) in [5.41, 5.74) is -0.714. The number of alkyl halides is 2. The molecule has 1 saturated carbocycles. The number of likely N-dealkylation sites (tertiary alicyclic amines) is 2. The van der Waals surface area contributed by atoms with Crippen LogP contribution < -0.4 is 0 Å². The summed E-state index contributed by atoms with van der Waals surface area (Å²) in [5, 5.41) is 0. The second kappa shape index (κ2) is 7.76. The van der Waals surface area contributed by atoms with Crippen molar-refractivity contribution in [1.82, 2.24) is 9.80 Å². The predicted octanol–water partition coefficient (Wildman–Crippen LogP) is 3.44. The number of esters is 1. The molecule has 1 amide bonds. The molecule has 3 aliphatic rings. The summed E-state index contributed by atoms with van der Waals surface area (Å²) in [7, 11) is 0. The molecular weight excluding hydrogens is 370 g/mol. The van der Waals surface area contributed by atoms with Gasteiger partial charge in [-0.25, -0.2) is 13.6 Å². The molecule has 2 heterocycles. The zero-order chi connectivity index (χ0) is 20.7. The Balaban J connectivity index is 1.65. The number of halogens is 2. The molecule has 8 heteroatoms. The third-order valence-corrected chi connectivity index (χ3v) is 6.03. The summed E-state index contributed by atoms with van der Waals surface area (Å²) in [6.07, 6.45) is 2.60. The van der Waals surface area contributed by atoms with Gasteiger partial charge in [0.05, 0.1) is 31.2 Å². The zero-order valence-corrected chi connectivity index (χ0v) is 17.2. The number of hydrogen-bond acceptors (Lipinski definition) is 5. The SMILES string of the molecule is CCOC(=O)C1CCC(N2CC[C@H]3[C@@H]2C(F)(F)CN3C(=O)OC(C)(C)C)CC1. The predicted molar refractivity (Wildman–Crippen MR) is 99.2 cm³/mol. The highest BCUT2D eigenvalue weighted by molar-refractivity contribution is 5.72. The molecule has 2 atom stereocenters. The molecule has 0 unspecified atom stereocenters. The smallest absolute Gasteiger partial charge is 0.410 e. The zero-order valence-electron chi connectivity index (χ0n) is 17.2. The van der Waals surface area contributed by atoms with Gasteiger partial charge in [-0.15, -0.1) is 0 Å². The second-order valence-corrected chi connectivity index (χ2v) is 9.17. The van der Waals surface area contributed by atoms with E-state index in [0.29, 0.717) is 45.3 Å². The number of carbonyl (C=O) groups is 2. The molecule has 160 valence electrons. The summed E-state index contributed by atoms with van der Waals surface area (Å²) < 4.78 is 40.2. The molecule has 0 spiro atoms. The number of ether oxygens (including phenoxy) is 2. The molecule has 0 bridgehead atoms. The van der Waals surface area contributed by atoms with Crippen molar-refractivity contribution in [2.45, 2.75) is 89.4 Å². The van der Waals surface area contributed by atoms with E-state index in [1.165, 1.54) is 4.90 Å². The van der Waals surface area contributed by atoms with Crippen molar-refractivity contribution in [2.75, 3.05) is 19.7 Å². The van der Waals surface area contributed by atoms with Gasteiger partial charge < -0.3 is 9.47 Å². The first-order valence-corrected chi connectivity index (χ1v) is 10.3. The lowest BCUT2D eigenvalue weighted by molar-refractivity contribution is -0.149. The molecule has 0 aromatic heterocycles. The first-order valence-electron chi connectivity index (χ1n) is 10.3. The van der Waals surface area contributed by atoms with Crippen LogP contribution >= 0.6 is 0 Å².